The molecule has 4 heterocycles. The number of aryl methyl sites for hydroxylation is 2. The van der Waals surface area contributed by atoms with Crippen molar-refractivity contribution >= 4 is 46.1 Å². The number of rotatable bonds is 12. The van der Waals surface area contributed by atoms with Crippen LogP contribution in [0.5, 0.6) is 5.75 Å². The van der Waals surface area contributed by atoms with Crippen LogP contribution in [0.25, 0.3) is 22.4 Å². The number of anilines is 3. The van der Waals surface area contributed by atoms with Gasteiger partial charge < -0.3 is 26.0 Å². The maximum Gasteiger partial charge on any atom is 0.329 e. The number of benzene rings is 2. The van der Waals surface area contributed by atoms with Crippen molar-refractivity contribution in [2.75, 3.05) is 31.3 Å². The minimum atomic E-state index is -0.604. The van der Waals surface area contributed by atoms with E-state index >= 15 is 0 Å². The summed E-state index contributed by atoms with van der Waals surface area (Å²) in [6, 6.07) is 11.3. The van der Waals surface area contributed by atoms with Gasteiger partial charge in [0, 0.05) is 38.6 Å². The van der Waals surface area contributed by atoms with Gasteiger partial charge in [-0.15, -0.1) is 0 Å². The molecule has 3 aromatic heterocycles. The molecule has 5 N–H and O–H groups in total. The monoisotopic (exact) mass is 722 g/mol. The summed E-state index contributed by atoms with van der Waals surface area (Å²) in [5, 5.41) is 14.1. The number of unbranched alkanes of at least 4 members (excludes halogenated alkanes) is 1. The number of para-hydroxylation sites is 2. The van der Waals surface area contributed by atoms with Crippen LogP contribution in [0.15, 0.2) is 78.1 Å². The molecule has 274 valence electrons. The fourth-order valence-electron chi connectivity index (χ4n) is 6.40. The van der Waals surface area contributed by atoms with Crippen LogP contribution in [0.4, 0.5) is 26.4 Å². The molecule has 16 heteroatoms. The van der Waals surface area contributed by atoms with Gasteiger partial charge in [0.15, 0.2) is 17.4 Å². The highest BCUT2D eigenvalue weighted by molar-refractivity contribution is 6.01. The van der Waals surface area contributed by atoms with Crippen LogP contribution in [-0.2, 0) is 18.3 Å². The van der Waals surface area contributed by atoms with Crippen LogP contribution in [0, 0.1) is 5.82 Å². The topological polar surface area (TPSA) is 186 Å². The first-order valence-electron chi connectivity index (χ1n) is 17.0. The Bertz CT molecular complexity index is 2270. The number of nitrogens with zero attached hydrogens (tertiary/aromatic N) is 5. The zero-order chi connectivity index (χ0) is 37.6. The number of nitrogens with one attached hydrogen (secondary N) is 5. The minimum absolute atomic E-state index is 0.183. The number of halogens is 1. The summed E-state index contributed by atoms with van der Waals surface area (Å²) in [4.78, 5) is 64.0. The number of carbonyl (C=O) groups is 3. The molecule has 0 bridgehead atoms. The first-order chi connectivity index (χ1) is 25.6. The fraction of sp³-hybridized carbons (Fsp3) is 0.270. The van der Waals surface area contributed by atoms with E-state index in [-0.39, 0.29) is 28.8 Å². The summed E-state index contributed by atoms with van der Waals surface area (Å²) in [7, 11) is 4.67. The van der Waals surface area contributed by atoms with Crippen molar-refractivity contribution in [2.45, 2.75) is 38.1 Å². The van der Waals surface area contributed by atoms with E-state index in [0.29, 0.717) is 66.1 Å². The molecule has 1 aliphatic rings. The van der Waals surface area contributed by atoms with Crippen LogP contribution in [-0.4, -0.2) is 62.6 Å². The van der Waals surface area contributed by atoms with Crippen LogP contribution in [0.3, 0.4) is 0 Å². The van der Waals surface area contributed by atoms with E-state index in [0.717, 1.165) is 29.9 Å². The number of piperidine rings is 1. The van der Waals surface area contributed by atoms with Crippen LogP contribution >= 0.6 is 0 Å². The number of carbonyl (C=O) groups excluding carboxylic acids is 3. The average molecular weight is 723 g/mol. The van der Waals surface area contributed by atoms with E-state index in [1.807, 2.05) is 18.2 Å². The van der Waals surface area contributed by atoms with E-state index in [1.54, 1.807) is 34.4 Å². The Labute approximate surface area is 303 Å². The number of hydrogen-bond donors (Lipinski definition) is 5. The molecule has 0 radical (unpaired) electrons. The van der Waals surface area contributed by atoms with E-state index in [2.05, 4.69) is 48.1 Å². The lowest BCUT2D eigenvalue weighted by Crippen LogP contribution is -2.40. The van der Waals surface area contributed by atoms with Crippen molar-refractivity contribution in [3.05, 3.63) is 101 Å². The number of allylic oxidation sites excluding steroid dienone is 1. The predicted molar refractivity (Wildman–Crippen MR) is 198 cm³/mol. The lowest BCUT2D eigenvalue weighted by molar-refractivity contribution is -0.124. The molecular formula is C37H39FN10O5. The van der Waals surface area contributed by atoms with Gasteiger partial charge in [-0.25, -0.2) is 28.9 Å². The highest BCUT2D eigenvalue weighted by Crippen LogP contribution is 2.37. The second-order valence-electron chi connectivity index (χ2n) is 12.4. The Morgan fingerprint density at radius 2 is 1.83 bits per heavy atom. The number of hydrogen-bond acceptors (Lipinski definition) is 9. The van der Waals surface area contributed by atoms with E-state index in [4.69, 9.17) is 4.74 Å². The highest BCUT2D eigenvalue weighted by Gasteiger charge is 2.30. The second-order valence-corrected chi connectivity index (χ2v) is 12.4. The lowest BCUT2D eigenvalue weighted by Gasteiger charge is -2.24. The molecule has 15 nitrogen and oxygen atoms in total. The molecule has 1 saturated heterocycles. The number of amides is 4. The summed E-state index contributed by atoms with van der Waals surface area (Å²) in [6.45, 7) is 4.20. The van der Waals surface area contributed by atoms with Gasteiger partial charge in [-0.1, -0.05) is 24.8 Å². The third-order valence-corrected chi connectivity index (χ3v) is 8.95. The van der Waals surface area contributed by atoms with Crippen molar-refractivity contribution in [3.8, 4) is 17.1 Å². The SMILES string of the molecule is C=C1CCC(n2c(=O)n(C)c3c(CCCCNC(=O)Nc4cc(Nc5cccc(-c6ncc(F)cn6)c5OC)c(C(=O)NC)cn4)cccc32)C(=O)N1. The summed E-state index contributed by atoms with van der Waals surface area (Å²) in [6.07, 6.45) is 6.59. The van der Waals surface area contributed by atoms with Gasteiger partial charge in [0.2, 0.25) is 5.91 Å². The normalized spacial score (nSPS) is 14.1. The maximum absolute atomic E-state index is 13.5. The molecule has 4 amide bonds. The quantitative estimate of drug-likeness (QED) is 0.115. The summed E-state index contributed by atoms with van der Waals surface area (Å²) in [5.41, 5.74) is 4.35. The molecule has 1 fully saturated rings. The molecule has 0 spiro atoms. The van der Waals surface area contributed by atoms with Gasteiger partial charge in [0.25, 0.3) is 5.91 Å². The zero-order valence-electron chi connectivity index (χ0n) is 29.5. The van der Waals surface area contributed by atoms with Crippen molar-refractivity contribution in [2.24, 2.45) is 7.05 Å². The van der Waals surface area contributed by atoms with Gasteiger partial charge in [-0.3, -0.25) is 24.0 Å². The van der Waals surface area contributed by atoms with Crippen LogP contribution < -0.4 is 37.0 Å². The Morgan fingerprint density at radius 1 is 1.06 bits per heavy atom. The predicted octanol–water partition coefficient (Wildman–Crippen LogP) is 4.55. The van der Waals surface area contributed by atoms with E-state index in [9.17, 15) is 23.6 Å². The molecule has 1 atom stereocenters. The Morgan fingerprint density at radius 3 is 2.57 bits per heavy atom. The molecular weight excluding hydrogens is 683 g/mol. The average Bonchev–Trinajstić information content (AvgIpc) is 3.40. The van der Waals surface area contributed by atoms with Gasteiger partial charge in [-0.2, -0.15) is 0 Å². The van der Waals surface area contributed by atoms with E-state index in [1.165, 1.54) is 26.4 Å². The third-order valence-electron chi connectivity index (χ3n) is 8.95. The highest BCUT2D eigenvalue weighted by atomic mass is 19.1. The van der Waals surface area contributed by atoms with Crippen molar-refractivity contribution in [1.29, 1.82) is 0 Å². The number of urea groups is 1. The lowest BCUT2D eigenvalue weighted by atomic mass is 10.0. The van der Waals surface area contributed by atoms with Crippen molar-refractivity contribution in [3.63, 3.8) is 0 Å². The zero-order valence-corrected chi connectivity index (χ0v) is 29.5. The smallest absolute Gasteiger partial charge is 0.329 e. The number of pyridine rings is 1. The van der Waals surface area contributed by atoms with Gasteiger partial charge >= 0.3 is 11.7 Å². The second kappa shape index (κ2) is 15.8. The molecule has 1 aliphatic heterocycles. The number of imidazole rings is 1. The van der Waals surface area contributed by atoms with Crippen LogP contribution in [0.2, 0.25) is 0 Å². The first-order valence-corrected chi connectivity index (χ1v) is 17.0. The molecule has 6 rings (SSSR count). The molecule has 2 aromatic carbocycles. The van der Waals surface area contributed by atoms with Gasteiger partial charge in [0.1, 0.15) is 11.9 Å². The standard InChI is InChI=1S/C37H39FN10O5/c1-21-14-15-29(35(50)44-21)48-28-13-7-10-22(31(28)47(3)37(48)52)9-5-6-16-40-36(51)46-30-17-27(25(20-41-30)34(49)39-2)45-26-12-8-11-24(32(26)53-4)33-42-18-23(38)19-43-33/h7-8,10-13,17-20,29H,1,5-6,9,14-16H2,2-4H3,(H,39,49)(H,44,50)(H3,40,41,45,46,51). The molecule has 0 saturated carbocycles. The van der Waals surface area contributed by atoms with Crippen LogP contribution in [0.1, 0.15) is 47.6 Å². The van der Waals surface area contributed by atoms with E-state index < -0.39 is 23.8 Å². The summed E-state index contributed by atoms with van der Waals surface area (Å²) in [5.74, 6) is -0.447. The van der Waals surface area contributed by atoms with Crippen molar-refractivity contribution in [1.82, 2.24) is 40.0 Å². The van der Waals surface area contributed by atoms with Gasteiger partial charge in [0.05, 0.1) is 53.0 Å². The number of fused-ring (bicyclic) bond motifs is 1. The maximum atomic E-state index is 13.5. The number of aromatic nitrogens is 5. The summed E-state index contributed by atoms with van der Waals surface area (Å²) < 4.78 is 22.3. The molecule has 5 aromatic rings. The van der Waals surface area contributed by atoms with Crippen molar-refractivity contribution < 1.29 is 23.5 Å². The summed E-state index contributed by atoms with van der Waals surface area (Å²) >= 11 is 0. The molecule has 53 heavy (non-hydrogen) atoms. The number of ether oxygens (including phenoxy) is 1. The Kier molecular flexibility index (Phi) is 10.8. The molecule has 0 aliphatic carbocycles. The minimum Gasteiger partial charge on any atom is -0.494 e. The van der Waals surface area contributed by atoms with Gasteiger partial charge in [-0.05, 0) is 55.9 Å². The molecule has 1 unspecified atom stereocenters. The first kappa shape index (κ1) is 36.2. The Hall–Kier alpha value is -6.58. The Balaban J connectivity index is 1.09. The fourth-order valence-corrected chi connectivity index (χ4v) is 6.40. The third kappa shape index (κ3) is 7.71. The largest absolute Gasteiger partial charge is 0.494 e. The number of methoxy groups -OCH3 is 1.